The molecule has 1 aromatic carbocycles. The Kier molecular flexibility index (Phi) is 2.63. The second-order valence-electron chi connectivity index (χ2n) is 3.96. The molecule has 0 aliphatic heterocycles. The molecule has 1 aliphatic rings. The molecular weight excluding hydrogens is 263 g/mol. The Hall–Kier alpha value is -0.0500. The Bertz CT molecular complexity index is 358. The van der Waals surface area contributed by atoms with E-state index in [1.54, 1.807) is 0 Å². The van der Waals surface area contributed by atoms with Crippen LogP contribution in [-0.2, 0) is 5.41 Å². The van der Waals surface area contributed by atoms with Crippen molar-refractivity contribution < 1.29 is 5.11 Å². The molecule has 1 atom stereocenters. The predicted octanol–water partition coefficient (Wildman–Crippen LogP) is 3.51. The molecule has 0 aromatic heterocycles. The van der Waals surface area contributed by atoms with Gasteiger partial charge in [0, 0.05) is 14.9 Å². The molecule has 0 spiro atoms. The standard InChI is InChI=1S/C11H12BrClO/c1-7(14)11(4-5-11)9-3-2-8(12)6-10(9)13/h2-3,6-7,14H,4-5H2,1H3. The Labute approximate surface area is 97.2 Å². The molecule has 0 heterocycles. The highest BCUT2D eigenvalue weighted by Gasteiger charge is 2.49. The summed E-state index contributed by atoms with van der Waals surface area (Å²) in [5.41, 5.74) is 1.01. The Morgan fingerprint density at radius 1 is 1.50 bits per heavy atom. The van der Waals surface area contributed by atoms with E-state index in [-0.39, 0.29) is 11.5 Å². The summed E-state index contributed by atoms with van der Waals surface area (Å²) in [5.74, 6) is 0. The minimum Gasteiger partial charge on any atom is -0.392 e. The minimum absolute atomic E-state index is 0.0716. The van der Waals surface area contributed by atoms with Crippen LogP contribution in [0.25, 0.3) is 0 Å². The summed E-state index contributed by atoms with van der Waals surface area (Å²) in [6, 6.07) is 5.87. The van der Waals surface area contributed by atoms with E-state index in [0.717, 1.165) is 27.9 Å². The van der Waals surface area contributed by atoms with Crippen molar-refractivity contribution in [2.45, 2.75) is 31.3 Å². The van der Waals surface area contributed by atoms with Crippen molar-refractivity contribution in [1.29, 1.82) is 0 Å². The number of hydrogen-bond acceptors (Lipinski definition) is 1. The van der Waals surface area contributed by atoms with Gasteiger partial charge in [0.2, 0.25) is 0 Å². The van der Waals surface area contributed by atoms with Gasteiger partial charge in [-0.25, -0.2) is 0 Å². The lowest BCUT2D eigenvalue weighted by atomic mass is 9.91. The maximum Gasteiger partial charge on any atom is 0.0609 e. The van der Waals surface area contributed by atoms with Gasteiger partial charge in [-0.1, -0.05) is 33.6 Å². The third-order valence-electron chi connectivity index (χ3n) is 3.06. The number of hydrogen-bond donors (Lipinski definition) is 1. The van der Waals surface area contributed by atoms with E-state index in [2.05, 4.69) is 15.9 Å². The van der Waals surface area contributed by atoms with E-state index >= 15 is 0 Å². The largest absolute Gasteiger partial charge is 0.392 e. The fourth-order valence-electron chi connectivity index (χ4n) is 1.94. The summed E-state index contributed by atoms with van der Waals surface area (Å²) >= 11 is 9.53. The SMILES string of the molecule is CC(O)C1(c2ccc(Br)cc2Cl)CC1. The Morgan fingerprint density at radius 2 is 2.14 bits per heavy atom. The highest BCUT2D eigenvalue weighted by molar-refractivity contribution is 9.10. The minimum atomic E-state index is -0.318. The van der Waals surface area contributed by atoms with E-state index in [4.69, 9.17) is 11.6 Å². The van der Waals surface area contributed by atoms with Crippen molar-refractivity contribution >= 4 is 27.5 Å². The highest BCUT2D eigenvalue weighted by Crippen LogP contribution is 2.53. The molecule has 1 aromatic rings. The zero-order valence-electron chi connectivity index (χ0n) is 7.93. The van der Waals surface area contributed by atoms with Crippen molar-refractivity contribution in [3.8, 4) is 0 Å². The second-order valence-corrected chi connectivity index (χ2v) is 5.28. The molecule has 0 saturated heterocycles. The summed E-state index contributed by atoms with van der Waals surface area (Å²) in [7, 11) is 0. The quantitative estimate of drug-likeness (QED) is 0.876. The normalized spacial score (nSPS) is 20.6. The molecule has 14 heavy (non-hydrogen) atoms. The average Bonchev–Trinajstić information content (AvgIpc) is 2.84. The van der Waals surface area contributed by atoms with Crippen LogP contribution in [-0.4, -0.2) is 11.2 Å². The number of benzene rings is 1. The van der Waals surface area contributed by atoms with Crippen molar-refractivity contribution in [2.75, 3.05) is 0 Å². The van der Waals surface area contributed by atoms with E-state index < -0.39 is 0 Å². The van der Waals surface area contributed by atoms with Gasteiger partial charge in [-0.2, -0.15) is 0 Å². The number of halogens is 2. The molecule has 1 N–H and O–H groups in total. The van der Waals surface area contributed by atoms with Gasteiger partial charge in [-0.15, -0.1) is 0 Å². The first kappa shape index (κ1) is 10.5. The lowest BCUT2D eigenvalue weighted by Crippen LogP contribution is -2.22. The fraction of sp³-hybridized carbons (Fsp3) is 0.455. The van der Waals surface area contributed by atoms with Crippen LogP contribution in [0.15, 0.2) is 22.7 Å². The summed E-state index contributed by atoms with van der Waals surface area (Å²) in [6.45, 7) is 1.84. The number of aliphatic hydroxyl groups is 1. The molecular formula is C11H12BrClO. The number of aliphatic hydroxyl groups excluding tert-OH is 1. The lowest BCUT2D eigenvalue weighted by Gasteiger charge is -2.20. The van der Waals surface area contributed by atoms with Crippen LogP contribution in [0.5, 0.6) is 0 Å². The molecule has 0 bridgehead atoms. The lowest BCUT2D eigenvalue weighted by molar-refractivity contribution is 0.151. The molecule has 0 amide bonds. The molecule has 3 heteroatoms. The molecule has 1 fully saturated rings. The summed E-state index contributed by atoms with van der Waals surface area (Å²) in [5, 5.41) is 10.5. The van der Waals surface area contributed by atoms with Gasteiger partial charge >= 0.3 is 0 Å². The first-order valence-electron chi connectivity index (χ1n) is 4.70. The Morgan fingerprint density at radius 3 is 2.57 bits per heavy atom. The number of rotatable bonds is 2. The van der Waals surface area contributed by atoms with Crippen molar-refractivity contribution in [3.05, 3.63) is 33.3 Å². The van der Waals surface area contributed by atoms with Gasteiger partial charge < -0.3 is 5.11 Å². The summed E-state index contributed by atoms with van der Waals surface area (Å²) in [4.78, 5) is 0. The zero-order valence-corrected chi connectivity index (χ0v) is 10.3. The van der Waals surface area contributed by atoms with E-state index in [0.29, 0.717) is 0 Å². The van der Waals surface area contributed by atoms with Crippen LogP contribution < -0.4 is 0 Å². The van der Waals surface area contributed by atoms with Crippen molar-refractivity contribution in [2.24, 2.45) is 0 Å². The van der Waals surface area contributed by atoms with Gasteiger partial charge in [0.05, 0.1) is 6.10 Å². The molecule has 0 radical (unpaired) electrons. The third kappa shape index (κ3) is 1.60. The molecule has 1 unspecified atom stereocenters. The van der Waals surface area contributed by atoms with Crippen molar-refractivity contribution in [1.82, 2.24) is 0 Å². The summed E-state index contributed by atoms with van der Waals surface area (Å²) in [6.07, 6.45) is 1.75. The van der Waals surface area contributed by atoms with Crippen LogP contribution in [0.2, 0.25) is 5.02 Å². The predicted molar refractivity (Wildman–Crippen MR) is 61.7 cm³/mol. The fourth-order valence-corrected chi connectivity index (χ4v) is 2.80. The molecule has 2 rings (SSSR count). The van der Waals surface area contributed by atoms with Gasteiger partial charge in [-0.3, -0.25) is 0 Å². The van der Waals surface area contributed by atoms with E-state index in [1.165, 1.54) is 0 Å². The first-order valence-corrected chi connectivity index (χ1v) is 5.87. The third-order valence-corrected chi connectivity index (χ3v) is 3.86. The topological polar surface area (TPSA) is 20.2 Å². The van der Waals surface area contributed by atoms with Gasteiger partial charge in [0.1, 0.15) is 0 Å². The summed E-state index contributed by atoms with van der Waals surface area (Å²) < 4.78 is 0.979. The van der Waals surface area contributed by atoms with E-state index in [1.807, 2.05) is 25.1 Å². The van der Waals surface area contributed by atoms with Crippen molar-refractivity contribution in [3.63, 3.8) is 0 Å². The second kappa shape index (κ2) is 3.51. The Balaban J connectivity index is 2.42. The maximum absolute atomic E-state index is 9.72. The molecule has 1 nitrogen and oxygen atoms in total. The van der Waals surface area contributed by atoms with Crippen LogP contribution in [0.3, 0.4) is 0 Å². The van der Waals surface area contributed by atoms with Gasteiger partial charge in [-0.05, 0) is 37.5 Å². The molecule has 1 saturated carbocycles. The van der Waals surface area contributed by atoms with Gasteiger partial charge in [0.15, 0.2) is 0 Å². The average molecular weight is 276 g/mol. The molecule has 1 aliphatic carbocycles. The first-order chi connectivity index (χ1) is 6.56. The zero-order chi connectivity index (χ0) is 10.3. The van der Waals surface area contributed by atoms with Crippen LogP contribution >= 0.6 is 27.5 Å². The monoisotopic (exact) mass is 274 g/mol. The molecule has 76 valence electrons. The highest BCUT2D eigenvalue weighted by atomic mass is 79.9. The van der Waals surface area contributed by atoms with Gasteiger partial charge in [0.25, 0.3) is 0 Å². The van der Waals surface area contributed by atoms with Crippen LogP contribution in [0.4, 0.5) is 0 Å². The van der Waals surface area contributed by atoms with Crippen LogP contribution in [0.1, 0.15) is 25.3 Å². The maximum atomic E-state index is 9.72. The van der Waals surface area contributed by atoms with E-state index in [9.17, 15) is 5.11 Å². The smallest absolute Gasteiger partial charge is 0.0609 e. The van der Waals surface area contributed by atoms with Crippen LogP contribution in [0, 0.1) is 0 Å².